The van der Waals surface area contributed by atoms with Crippen molar-refractivity contribution in [2.75, 3.05) is 43.0 Å². The number of fused-ring (bicyclic) bond motifs is 1. The zero-order valence-corrected chi connectivity index (χ0v) is 19.5. The molecule has 0 atom stereocenters. The number of nitrogens with one attached hydrogen (secondary N) is 2. The first-order valence-corrected chi connectivity index (χ1v) is 11.8. The second kappa shape index (κ2) is 9.65. The van der Waals surface area contributed by atoms with E-state index in [0.717, 1.165) is 10.6 Å². The van der Waals surface area contributed by atoms with Gasteiger partial charge in [-0.2, -0.15) is 15.4 Å². The third kappa shape index (κ3) is 4.95. The van der Waals surface area contributed by atoms with Gasteiger partial charge in [-0.05, 0) is 42.5 Å². The molecule has 4 aromatic rings. The number of nitrogens with zero attached hydrogens (tertiary/aromatic N) is 5. The van der Waals surface area contributed by atoms with Gasteiger partial charge in [0.2, 0.25) is 0 Å². The van der Waals surface area contributed by atoms with Crippen molar-refractivity contribution < 1.29 is 14.3 Å². The number of ether oxygens (including phenoxy) is 1. The van der Waals surface area contributed by atoms with Gasteiger partial charge >= 0.3 is 0 Å². The Balaban J connectivity index is 1.12. The van der Waals surface area contributed by atoms with E-state index in [0.29, 0.717) is 53.8 Å². The third-order valence-corrected chi connectivity index (χ3v) is 6.53. The molecule has 1 aliphatic rings. The lowest BCUT2D eigenvalue weighted by molar-refractivity contribution is -0.133. The van der Waals surface area contributed by atoms with Gasteiger partial charge in [-0.3, -0.25) is 9.59 Å². The monoisotopic (exact) mass is 497 g/mol. The van der Waals surface area contributed by atoms with Gasteiger partial charge in [-0.25, -0.2) is 4.98 Å². The van der Waals surface area contributed by atoms with Gasteiger partial charge in [0.15, 0.2) is 11.7 Å². The molecular formula is C22H20ClN7O3S. The zero-order chi connectivity index (χ0) is 23.5. The maximum Gasteiger partial charge on any atom is 0.275 e. The summed E-state index contributed by atoms with van der Waals surface area (Å²) in [6, 6.07) is 12.2. The molecule has 12 heteroatoms. The van der Waals surface area contributed by atoms with Gasteiger partial charge in [0, 0.05) is 42.3 Å². The molecular weight excluding hydrogens is 478 g/mol. The highest BCUT2D eigenvalue weighted by Gasteiger charge is 2.24. The molecule has 3 heterocycles. The van der Waals surface area contributed by atoms with Crippen molar-refractivity contribution in [1.82, 2.24) is 25.3 Å². The molecule has 1 aliphatic heterocycles. The molecule has 2 N–H and O–H groups in total. The number of carbonyl (C=O) groups is 2. The number of piperazine rings is 1. The fourth-order valence-corrected chi connectivity index (χ4v) is 4.53. The smallest absolute Gasteiger partial charge is 0.275 e. The number of hydrogen-bond acceptors (Lipinski definition) is 8. The van der Waals surface area contributed by atoms with E-state index in [9.17, 15) is 9.59 Å². The largest absolute Gasteiger partial charge is 0.484 e. The molecule has 1 fully saturated rings. The number of hydrogen-bond donors (Lipinski definition) is 2. The normalized spacial score (nSPS) is 13.8. The Morgan fingerprint density at radius 1 is 1.06 bits per heavy atom. The number of anilines is 2. The first-order chi connectivity index (χ1) is 16.5. The van der Waals surface area contributed by atoms with Crippen molar-refractivity contribution in [2.45, 2.75) is 0 Å². The molecule has 174 valence electrons. The minimum Gasteiger partial charge on any atom is -0.484 e. The van der Waals surface area contributed by atoms with Crippen LogP contribution in [0, 0.1) is 0 Å². The Hall–Kier alpha value is -3.70. The number of rotatable bonds is 6. The summed E-state index contributed by atoms with van der Waals surface area (Å²) in [6.07, 6.45) is 0. The number of thiazole rings is 1. The highest BCUT2D eigenvalue weighted by atomic mass is 35.5. The van der Waals surface area contributed by atoms with E-state index in [1.165, 1.54) is 11.3 Å². The van der Waals surface area contributed by atoms with Gasteiger partial charge in [0.1, 0.15) is 22.5 Å². The second-order valence-electron chi connectivity index (χ2n) is 7.61. The lowest BCUT2D eigenvalue weighted by Gasteiger charge is -2.34. The number of aromatic amines is 1. The van der Waals surface area contributed by atoms with Crippen LogP contribution in [0.2, 0.25) is 5.02 Å². The standard InChI is InChI=1S/C22H20ClN7O3S/c23-14-1-4-16(5-2-14)33-12-20(31)29-7-9-30(10-8-29)22-25-19(13-34-22)21(32)24-15-3-6-17-18(11-15)27-28-26-17/h1-6,11,13H,7-10,12H2,(H,24,32)(H,26,27,28). The van der Waals surface area contributed by atoms with Crippen LogP contribution < -0.4 is 15.0 Å². The average Bonchev–Trinajstić information content (AvgIpc) is 3.53. The van der Waals surface area contributed by atoms with E-state index >= 15 is 0 Å². The fraction of sp³-hybridized carbons (Fsp3) is 0.227. The van der Waals surface area contributed by atoms with Crippen molar-refractivity contribution >= 4 is 56.6 Å². The van der Waals surface area contributed by atoms with Gasteiger partial charge in [-0.15, -0.1) is 11.3 Å². The number of amides is 2. The Bertz CT molecular complexity index is 1320. The molecule has 0 spiro atoms. The van der Waals surface area contributed by atoms with E-state index in [1.54, 1.807) is 52.7 Å². The van der Waals surface area contributed by atoms with Crippen LogP contribution in [0.25, 0.3) is 11.0 Å². The maximum absolute atomic E-state index is 12.6. The summed E-state index contributed by atoms with van der Waals surface area (Å²) in [5.41, 5.74) is 2.36. The molecule has 0 bridgehead atoms. The molecule has 10 nitrogen and oxygen atoms in total. The number of halogens is 1. The zero-order valence-electron chi connectivity index (χ0n) is 17.9. The molecule has 0 radical (unpaired) electrons. The van der Waals surface area contributed by atoms with Crippen molar-refractivity contribution in [1.29, 1.82) is 0 Å². The van der Waals surface area contributed by atoms with Crippen LogP contribution in [0.5, 0.6) is 5.75 Å². The predicted molar refractivity (Wildman–Crippen MR) is 130 cm³/mol. The number of carbonyl (C=O) groups excluding carboxylic acids is 2. The van der Waals surface area contributed by atoms with Crippen LogP contribution in [0.1, 0.15) is 10.5 Å². The number of benzene rings is 2. The Morgan fingerprint density at radius 2 is 1.82 bits per heavy atom. The lowest BCUT2D eigenvalue weighted by atomic mass is 10.2. The Morgan fingerprint density at radius 3 is 2.62 bits per heavy atom. The van der Waals surface area contributed by atoms with Crippen molar-refractivity contribution in [2.24, 2.45) is 0 Å². The summed E-state index contributed by atoms with van der Waals surface area (Å²) in [7, 11) is 0. The van der Waals surface area contributed by atoms with E-state index in [1.807, 2.05) is 0 Å². The summed E-state index contributed by atoms with van der Waals surface area (Å²) < 4.78 is 5.56. The Labute approximate surface area is 203 Å². The van der Waals surface area contributed by atoms with Crippen molar-refractivity contribution in [3.8, 4) is 5.75 Å². The minimum atomic E-state index is -0.293. The van der Waals surface area contributed by atoms with Crippen LogP contribution in [-0.2, 0) is 4.79 Å². The van der Waals surface area contributed by atoms with E-state index < -0.39 is 0 Å². The van der Waals surface area contributed by atoms with Crippen LogP contribution in [-0.4, -0.2) is 69.9 Å². The van der Waals surface area contributed by atoms with Gasteiger partial charge in [0.05, 0.1) is 0 Å². The third-order valence-electron chi connectivity index (χ3n) is 5.38. The quantitative estimate of drug-likeness (QED) is 0.420. The molecule has 0 aliphatic carbocycles. The molecule has 5 rings (SSSR count). The summed E-state index contributed by atoms with van der Waals surface area (Å²) in [5.74, 6) is 0.238. The molecule has 2 aromatic carbocycles. The Kier molecular flexibility index (Phi) is 6.28. The number of H-pyrrole nitrogens is 1. The predicted octanol–water partition coefficient (Wildman–Crippen LogP) is 3.05. The van der Waals surface area contributed by atoms with Crippen molar-refractivity contribution in [3.63, 3.8) is 0 Å². The van der Waals surface area contributed by atoms with Crippen LogP contribution in [0.3, 0.4) is 0 Å². The highest BCUT2D eigenvalue weighted by Crippen LogP contribution is 2.23. The van der Waals surface area contributed by atoms with Crippen LogP contribution >= 0.6 is 22.9 Å². The molecule has 0 saturated carbocycles. The summed E-state index contributed by atoms with van der Waals surface area (Å²) in [5, 5.41) is 16.5. The van der Waals surface area contributed by atoms with Gasteiger partial charge < -0.3 is 19.9 Å². The minimum absolute atomic E-state index is 0.0245. The molecule has 1 saturated heterocycles. The van der Waals surface area contributed by atoms with Gasteiger partial charge in [-0.1, -0.05) is 11.6 Å². The SMILES string of the molecule is O=C(Nc1ccc2n[nH]nc2c1)c1csc(N2CCN(C(=O)COc3ccc(Cl)cc3)CC2)n1. The molecule has 2 amide bonds. The van der Waals surface area contributed by atoms with Crippen LogP contribution in [0.4, 0.5) is 10.8 Å². The molecule has 0 unspecified atom stereocenters. The number of aromatic nitrogens is 4. The van der Waals surface area contributed by atoms with E-state index in [4.69, 9.17) is 16.3 Å². The average molecular weight is 498 g/mol. The summed E-state index contributed by atoms with van der Waals surface area (Å²) in [4.78, 5) is 33.5. The van der Waals surface area contributed by atoms with E-state index in [-0.39, 0.29) is 18.4 Å². The van der Waals surface area contributed by atoms with E-state index in [2.05, 4.69) is 30.6 Å². The first-order valence-electron chi connectivity index (χ1n) is 10.5. The fourth-order valence-electron chi connectivity index (χ4n) is 3.54. The second-order valence-corrected chi connectivity index (χ2v) is 8.88. The molecule has 34 heavy (non-hydrogen) atoms. The lowest BCUT2D eigenvalue weighted by Crippen LogP contribution is -2.50. The highest BCUT2D eigenvalue weighted by molar-refractivity contribution is 7.14. The van der Waals surface area contributed by atoms with Crippen molar-refractivity contribution in [3.05, 3.63) is 58.6 Å². The first kappa shape index (κ1) is 22.1. The van der Waals surface area contributed by atoms with Gasteiger partial charge in [0.25, 0.3) is 11.8 Å². The summed E-state index contributed by atoms with van der Waals surface area (Å²) in [6.45, 7) is 2.35. The summed E-state index contributed by atoms with van der Waals surface area (Å²) >= 11 is 7.27. The molecule has 2 aromatic heterocycles. The topological polar surface area (TPSA) is 116 Å². The maximum atomic E-state index is 12.6. The van der Waals surface area contributed by atoms with Crippen LogP contribution in [0.15, 0.2) is 47.8 Å².